The fourth-order valence-electron chi connectivity index (χ4n) is 2.23. The number of hydrogen-bond donors (Lipinski definition) is 1. The van der Waals surface area contributed by atoms with Crippen LogP contribution < -0.4 is 5.73 Å². The van der Waals surface area contributed by atoms with Crippen LogP contribution in [0.2, 0.25) is 0 Å². The summed E-state index contributed by atoms with van der Waals surface area (Å²) in [7, 11) is 0. The smallest absolute Gasteiger partial charge is 0.0486 e. The van der Waals surface area contributed by atoms with Gasteiger partial charge in [-0.25, -0.2) is 0 Å². The Kier molecular flexibility index (Phi) is 3.01. The Morgan fingerprint density at radius 1 is 1.19 bits per heavy atom. The molecule has 0 radical (unpaired) electrons. The molecular weight excluding hydrogens is 196 g/mol. The van der Waals surface area contributed by atoms with Gasteiger partial charge in [-0.1, -0.05) is 6.92 Å². The predicted molar refractivity (Wildman–Crippen MR) is 69.8 cm³/mol. The molecule has 16 heavy (non-hydrogen) atoms. The number of aromatic nitrogens is 1. The quantitative estimate of drug-likeness (QED) is 0.840. The third-order valence-electron chi connectivity index (χ3n) is 3.33. The standard InChI is InChI=1S/C14H20N2/c1-4-12-9-16(6-5-15)14-8-11(3)10(2)7-13(12)14/h7-9H,4-6,15H2,1-3H3. The van der Waals surface area contributed by atoms with Gasteiger partial charge in [-0.2, -0.15) is 0 Å². The molecule has 2 aromatic rings. The van der Waals surface area contributed by atoms with Crippen molar-refractivity contribution in [3.63, 3.8) is 0 Å². The molecule has 2 nitrogen and oxygen atoms in total. The second kappa shape index (κ2) is 4.30. The molecule has 1 heterocycles. The highest BCUT2D eigenvalue weighted by molar-refractivity contribution is 5.85. The van der Waals surface area contributed by atoms with Gasteiger partial charge < -0.3 is 10.3 Å². The molecule has 1 aromatic carbocycles. The summed E-state index contributed by atoms with van der Waals surface area (Å²) in [4.78, 5) is 0. The first-order valence-electron chi connectivity index (χ1n) is 5.96. The fourth-order valence-corrected chi connectivity index (χ4v) is 2.23. The molecule has 2 N–H and O–H groups in total. The lowest BCUT2D eigenvalue weighted by Gasteiger charge is -2.05. The molecule has 0 aliphatic heterocycles. The minimum atomic E-state index is 0.694. The van der Waals surface area contributed by atoms with Gasteiger partial charge in [-0.15, -0.1) is 0 Å². The van der Waals surface area contributed by atoms with Crippen LogP contribution in [0.25, 0.3) is 10.9 Å². The van der Waals surface area contributed by atoms with Gasteiger partial charge in [0.2, 0.25) is 0 Å². The van der Waals surface area contributed by atoms with Crippen molar-refractivity contribution in [1.29, 1.82) is 0 Å². The second-order valence-corrected chi connectivity index (χ2v) is 4.44. The maximum absolute atomic E-state index is 5.65. The van der Waals surface area contributed by atoms with Gasteiger partial charge in [0.15, 0.2) is 0 Å². The highest BCUT2D eigenvalue weighted by Crippen LogP contribution is 2.25. The molecule has 0 amide bonds. The molecule has 0 saturated carbocycles. The van der Waals surface area contributed by atoms with Gasteiger partial charge >= 0.3 is 0 Å². The van der Waals surface area contributed by atoms with Crippen molar-refractivity contribution in [2.75, 3.05) is 6.54 Å². The Morgan fingerprint density at radius 2 is 1.88 bits per heavy atom. The highest BCUT2D eigenvalue weighted by atomic mass is 15.0. The van der Waals surface area contributed by atoms with Crippen LogP contribution in [0.1, 0.15) is 23.6 Å². The first-order chi connectivity index (χ1) is 7.67. The van der Waals surface area contributed by atoms with Gasteiger partial charge in [0.05, 0.1) is 0 Å². The molecule has 0 saturated heterocycles. The Labute approximate surface area is 97.1 Å². The Morgan fingerprint density at radius 3 is 2.50 bits per heavy atom. The van der Waals surface area contributed by atoms with Gasteiger partial charge in [0, 0.05) is 30.2 Å². The van der Waals surface area contributed by atoms with Gasteiger partial charge in [0.1, 0.15) is 0 Å². The van der Waals surface area contributed by atoms with E-state index < -0.39 is 0 Å². The molecule has 1 aromatic heterocycles. The van der Waals surface area contributed by atoms with Crippen molar-refractivity contribution >= 4 is 10.9 Å². The van der Waals surface area contributed by atoms with Crippen LogP contribution in [-0.4, -0.2) is 11.1 Å². The number of aryl methyl sites for hydroxylation is 3. The lowest BCUT2D eigenvalue weighted by atomic mass is 10.0. The lowest BCUT2D eigenvalue weighted by Crippen LogP contribution is -2.08. The van der Waals surface area contributed by atoms with Crippen LogP contribution in [0.3, 0.4) is 0 Å². The van der Waals surface area contributed by atoms with E-state index >= 15 is 0 Å². The second-order valence-electron chi connectivity index (χ2n) is 4.44. The summed E-state index contributed by atoms with van der Waals surface area (Å²) in [5.74, 6) is 0. The Bertz CT molecular complexity index is 509. The Hall–Kier alpha value is -1.28. The van der Waals surface area contributed by atoms with Gasteiger partial charge in [0.25, 0.3) is 0 Å². The summed E-state index contributed by atoms with van der Waals surface area (Å²) in [6.07, 6.45) is 3.33. The van der Waals surface area contributed by atoms with E-state index in [0.717, 1.165) is 13.0 Å². The van der Waals surface area contributed by atoms with Crippen molar-refractivity contribution in [2.45, 2.75) is 33.7 Å². The molecule has 2 heteroatoms. The van der Waals surface area contributed by atoms with E-state index in [9.17, 15) is 0 Å². The first kappa shape index (κ1) is 11.2. The van der Waals surface area contributed by atoms with E-state index in [1.165, 1.54) is 27.6 Å². The zero-order valence-corrected chi connectivity index (χ0v) is 10.4. The largest absolute Gasteiger partial charge is 0.346 e. The summed E-state index contributed by atoms with van der Waals surface area (Å²) < 4.78 is 2.28. The maximum atomic E-state index is 5.65. The van der Waals surface area contributed by atoms with Crippen molar-refractivity contribution < 1.29 is 0 Å². The van der Waals surface area contributed by atoms with Crippen LogP contribution >= 0.6 is 0 Å². The molecule has 0 aliphatic carbocycles. The van der Waals surface area contributed by atoms with Crippen LogP contribution in [0.15, 0.2) is 18.3 Å². The number of fused-ring (bicyclic) bond motifs is 1. The molecule has 86 valence electrons. The van der Waals surface area contributed by atoms with E-state index in [2.05, 4.69) is 43.7 Å². The van der Waals surface area contributed by atoms with E-state index in [1.807, 2.05) is 0 Å². The van der Waals surface area contributed by atoms with Crippen LogP contribution in [-0.2, 0) is 13.0 Å². The maximum Gasteiger partial charge on any atom is 0.0486 e. The van der Waals surface area contributed by atoms with E-state index in [0.29, 0.717) is 6.54 Å². The van der Waals surface area contributed by atoms with E-state index in [4.69, 9.17) is 5.73 Å². The number of nitrogens with two attached hydrogens (primary N) is 1. The molecule has 0 bridgehead atoms. The van der Waals surface area contributed by atoms with Crippen LogP contribution in [0, 0.1) is 13.8 Å². The summed E-state index contributed by atoms with van der Waals surface area (Å²) in [5, 5.41) is 1.39. The first-order valence-corrected chi connectivity index (χ1v) is 5.96. The molecule has 0 unspecified atom stereocenters. The van der Waals surface area contributed by atoms with E-state index in [-0.39, 0.29) is 0 Å². The molecule has 2 rings (SSSR count). The average molecular weight is 216 g/mol. The average Bonchev–Trinajstić information content (AvgIpc) is 2.58. The van der Waals surface area contributed by atoms with Crippen LogP contribution in [0.5, 0.6) is 0 Å². The minimum absolute atomic E-state index is 0.694. The summed E-state index contributed by atoms with van der Waals surface area (Å²) in [6.45, 7) is 8.14. The van der Waals surface area contributed by atoms with Crippen molar-refractivity contribution in [3.8, 4) is 0 Å². The number of hydrogen-bond acceptors (Lipinski definition) is 1. The van der Waals surface area contributed by atoms with Gasteiger partial charge in [-0.05, 0) is 49.1 Å². The normalized spacial score (nSPS) is 11.2. The number of nitrogens with zero attached hydrogens (tertiary/aromatic N) is 1. The number of rotatable bonds is 3. The molecule has 0 spiro atoms. The predicted octanol–water partition coefficient (Wildman–Crippen LogP) is 2.78. The third-order valence-corrected chi connectivity index (χ3v) is 3.33. The minimum Gasteiger partial charge on any atom is -0.346 e. The fraction of sp³-hybridized carbons (Fsp3) is 0.429. The summed E-state index contributed by atoms with van der Waals surface area (Å²) >= 11 is 0. The highest BCUT2D eigenvalue weighted by Gasteiger charge is 2.08. The summed E-state index contributed by atoms with van der Waals surface area (Å²) in [5.41, 5.74) is 11.1. The van der Waals surface area contributed by atoms with Gasteiger partial charge in [-0.3, -0.25) is 0 Å². The zero-order valence-electron chi connectivity index (χ0n) is 10.4. The molecular formula is C14H20N2. The summed E-state index contributed by atoms with van der Waals surface area (Å²) in [6, 6.07) is 4.58. The molecule has 0 aliphatic rings. The Balaban J connectivity index is 2.69. The monoisotopic (exact) mass is 216 g/mol. The lowest BCUT2D eigenvalue weighted by molar-refractivity contribution is 0.732. The van der Waals surface area contributed by atoms with Crippen molar-refractivity contribution in [2.24, 2.45) is 5.73 Å². The number of benzene rings is 1. The molecule has 0 atom stereocenters. The zero-order chi connectivity index (χ0) is 11.7. The van der Waals surface area contributed by atoms with Crippen molar-refractivity contribution in [3.05, 3.63) is 35.0 Å². The topological polar surface area (TPSA) is 30.9 Å². The van der Waals surface area contributed by atoms with Crippen LogP contribution in [0.4, 0.5) is 0 Å². The van der Waals surface area contributed by atoms with E-state index in [1.54, 1.807) is 0 Å². The third kappa shape index (κ3) is 1.74. The van der Waals surface area contributed by atoms with Crippen molar-refractivity contribution in [1.82, 2.24) is 4.57 Å². The SMILES string of the molecule is CCc1cn(CCN)c2cc(C)c(C)cc12. The molecule has 0 fully saturated rings.